The Bertz CT molecular complexity index is 2250. The third kappa shape index (κ3) is 3.88. The molecule has 0 saturated heterocycles. The molecule has 0 atom stereocenters. The maximum Gasteiger partial charge on any atom is 0.0978 e. The fourth-order valence-electron chi connectivity index (χ4n) is 6.19. The van der Waals surface area contributed by atoms with Crippen LogP contribution in [0, 0.1) is 6.92 Å². The predicted molar refractivity (Wildman–Crippen MR) is 173 cm³/mol. The van der Waals surface area contributed by atoms with Crippen molar-refractivity contribution in [2.75, 3.05) is 0 Å². The normalized spacial score (nSPS) is 11.5. The van der Waals surface area contributed by atoms with Gasteiger partial charge >= 0.3 is 0 Å². The van der Waals surface area contributed by atoms with Gasteiger partial charge in [-0.2, -0.15) is 0 Å². The molecule has 2 heterocycles. The number of hydrogen-bond donors (Lipinski definition) is 0. The van der Waals surface area contributed by atoms with E-state index < -0.39 is 0 Å². The lowest BCUT2D eigenvalue weighted by Crippen LogP contribution is -1.94. The summed E-state index contributed by atoms with van der Waals surface area (Å²) in [5.74, 6) is 0. The molecule has 2 nitrogen and oxygen atoms in total. The minimum atomic E-state index is 0.921. The van der Waals surface area contributed by atoms with Crippen molar-refractivity contribution >= 4 is 43.4 Å². The van der Waals surface area contributed by atoms with Crippen LogP contribution in [0.5, 0.6) is 0 Å². The van der Waals surface area contributed by atoms with Gasteiger partial charge in [0.2, 0.25) is 0 Å². The molecule has 2 aromatic heterocycles. The molecule has 2 heteroatoms. The Labute approximate surface area is 238 Å². The van der Waals surface area contributed by atoms with Crippen LogP contribution >= 0.6 is 0 Å². The first-order chi connectivity index (χ1) is 20.2. The van der Waals surface area contributed by atoms with Crippen LogP contribution in [0.25, 0.3) is 76.9 Å². The number of aromatic nitrogens is 2. The average molecular weight is 523 g/mol. The van der Waals surface area contributed by atoms with Crippen LogP contribution in [0.2, 0.25) is 0 Å². The Morgan fingerprint density at radius 1 is 0.439 bits per heavy atom. The number of rotatable bonds is 3. The van der Waals surface area contributed by atoms with Crippen molar-refractivity contribution in [3.8, 4) is 33.5 Å². The van der Waals surface area contributed by atoms with Crippen LogP contribution in [0.4, 0.5) is 0 Å². The van der Waals surface area contributed by atoms with Crippen LogP contribution in [-0.4, -0.2) is 9.97 Å². The van der Waals surface area contributed by atoms with Crippen molar-refractivity contribution in [2.45, 2.75) is 6.92 Å². The highest BCUT2D eigenvalue weighted by atomic mass is 14.8. The molecule has 0 amide bonds. The van der Waals surface area contributed by atoms with Crippen molar-refractivity contribution < 1.29 is 0 Å². The highest BCUT2D eigenvalue weighted by molar-refractivity contribution is 6.16. The lowest BCUT2D eigenvalue weighted by Gasteiger charge is -2.16. The summed E-state index contributed by atoms with van der Waals surface area (Å²) >= 11 is 0. The highest BCUT2D eigenvalue weighted by Crippen LogP contribution is 2.40. The Morgan fingerprint density at radius 2 is 1.10 bits per heavy atom. The summed E-state index contributed by atoms with van der Waals surface area (Å²) in [4.78, 5) is 10.3. The summed E-state index contributed by atoms with van der Waals surface area (Å²) in [5, 5.41) is 7.14. The second kappa shape index (κ2) is 9.39. The van der Waals surface area contributed by atoms with Crippen molar-refractivity contribution in [2.24, 2.45) is 0 Å². The zero-order valence-corrected chi connectivity index (χ0v) is 22.7. The van der Waals surface area contributed by atoms with E-state index >= 15 is 0 Å². The molecule has 0 fully saturated rings. The maximum atomic E-state index is 5.42. The van der Waals surface area contributed by atoms with E-state index in [1.165, 1.54) is 38.2 Å². The lowest BCUT2D eigenvalue weighted by atomic mass is 9.91. The van der Waals surface area contributed by atoms with E-state index in [4.69, 9.17) is 9.97 Å². The first-order valence-corrected chi connectivity index (χ1v) is 14.0. The second-order valence-electron chi connectivity index (χ2n) is 10.7. The maximum absolute atomic E-state index is 5.42. The van der Waals surface area contributed by atoms with E-state index in [0.29, 0.717) is 0 Å². The molecular formula is C39H26N2. The highest BCUT2D eigenvalue weighted by Gasteiger charge is 2.17. The van der Waals surface area contributed by atoms with E-state index in [0.717, 1.165) is 44.2 Å². The number of pyridine rings is 2. The molecule has 0 radical (unpaired) electrons. The molecule has 0 bridgehead atoms. The molecule has 41 heavy (non-hydrogen) atoms. The van der Waals surface area contributed by atoms with Crippen molar-refractivity contribution in [1.29, 1.82) is 0 Å². The van der Waals surface area contributed by atoms with Gasteiger partial charge in [0.25, 0.3) is 0 Å². The van der Waals surface area contributed by atoms with E-state index in [1.807, 2.05) is 6.20 Å². The van der Waals surface area contributed by atoms with E-state index in [-0.39, 0.29) is 0 Å². The molecule has 0 N–H and O–H groups in total. The Balaban J connectivity index is 1.51. The molecular weight excluding hydrogens is 496 g/mol. The van der Waals surface area contributed by atoms with Gasteiger partial charge in [0.1, 0.15) is 0 Å². The smallest absolute Gasteiger partial charge is 0.0978 e. The molecule has 0 spiro atoms. The molecule has 6 aromatic carbocycles. The molecule has 0 aliphatic carbocycles. The van der Waals surface area contributed by atoms with Gasteiger partial charge < -0.3 is 0 Å². The monoisotopic (exact) mass is 522 g/mol. The van der Waals surface area contributed by atoms with Gasteiger partial charge in [-0.1, -0.05) is 121 Å². The number of nitrogens with zero attached hydrogens (tertiary/aromatic N) is 2. The van der Waals surface area contributed by atoms with Gasteiger partial charge in [-0.15, -0.1) is 0 Å². The summed E-state index contributed by atoms with van der Waals surface area (Å²) in [5.41, 5.74) is 9.84. The molecule has 8 rings (SSSR count). The van der Waals surface area contributed by atoms with Crippen LogP contribution in [0.1, 0.15) is 5.56 Å². The van der Waals surface area contributed by atoms with Crippen LogP contribution in [0.15, 0.2) is 140 Å². The van der Waals surface area contributed by atoms with Gasteiger partial charge in [-0.3, -0.25) is 4.98 Å². The average Bonchev–Trinajstić information content (AvgIpc) is 3.04. The summed E-state index contributed by atoms with van der Waals surface area (Å²) in [7, 11) is 0. The standard InChI is InChI=1S/C39H26N2/c1-25-16-17-31-29-15-9-8-14-28(29)23-36(35(31)22-25)37-24-34(27-12-6-3-7-13-27)33-19-18-32-30(26-10-4-2-5-11-26)20-21-40-38(32)39(33)41-37/h2-24H,1H3. The molecule has 8 aromatic rings. The number of fused-ring (bicyclic) bond motifs is 6. The Morgan fingerprint density at radius 3 is 1.88 bits per heavy atom. The minimum absolute atomic E-state index is 0.921. The van der Waals surface area contributed by atoms with E-state index in [1.54, 1.807) is 0 Å². The van der Waals surface area contributed by atoms with Gasteiger partial charge in [0, 0.05) is 22.5 Å². The van der Waals surface area contributed by atoms with Crippen LogP contribution < -0.4 is 0 Å². The fraction of sp³-hybridized carbons (Fsp3) is 0.0256. The van der Waals surface area contributed by atoms with Crippen molar-refractivity contribution in [3.05, 3.63) is 145 Å². The number of aryl methyl sites for hydroxylation is 1. The minimum Gasteiger partial charge on any atom is -0.254 e. The number of hydrogen-bond acceptors (Lipinski definition) is 2. The first kappa shape index (κ1) is 23.5. The van der Waals surface area contributed by atoms with Gasteiger partial charge in [0.15, 0.2) is 0 Å². The van der Waals surface area contributed by atoms with Gasteiger partial charge in [-0.05, 0) is 68.9 Å². The zero-order chi connectivity index (χ0) is 27.3. The third-order valence-electron chi connectivity index (χ3n) is 8.15. The van der Waals surface area contributed by atoms with Crippen LogP contribution in [0.3, 0.4) is 0 Å². The van der Waals surface area contributed by atoms with Gasteiger partial charge in [0.05, 0.1) is 16.7 Å². The van der Waals surface area contributed by atoms with Crippen molar-refractivity contribution in [3.63, 3.8) is 0 Å². The topological polar surface area (TPSA) is 25.8 Å². The first-order valence-electron chi connectivity index (χ1n) is 14.0. The second-order valence-corrected chi connectivity index (χ2v) is 10.7. The Kier molecular flexibility index (Phi) is 5.39. The van der Waals surface area contributed by atoms with Crippen LogP contribution in [-0.2, 0) is 0 Å². The molecule has 0 aliphatic rings. The zero-order valence-electron chi connectivity index (χ0n) is 22.7. The largest absolute Gasteiger partial charge is 0.254 e. The predicted octanol–water partition coefficient (Wildman–Crippen LogP) is 10.4. The molecule has 0 saturated carbocycles. The molecule has 0 unspecified atom stereocenters. The van der Waals surface area contributed by atoms with E-state index in [9.17, 15) is 0 Å². The van der Waals surface area contributed by atoms with Crippen molar-refractivity contribution in [1.82, 2.24) is 9.97 Å². The fourth-order valence-corrected chi connectivity index (χ4v) is 6.19. The quantitative estimate of drug-likeness (QED) is 0.216. The van der Waals surface area contributed by atoms with Gasteiger partial charge in [-0.25, -0.2) is 4.98 Å². The SMILES string of the molecule is Cc1ccc2c(c1)c(-c1cc(-c3ccccc3)c3ccc4c(-c5ccccc5)ccnc4c3n1)cc1ccccc12. The third-order valence-corrected chi connectivity index (χ3v) is 8.15. The summed E-state index contributed by atoms with van der Waals surface area (Å²) in [6, 6.07) is 47.6. The van der Waals surface area contributed by atoms with E-state index in [2.05, 4.69) is 140 Å². The molecule has 192 valence electrons. The lowest BCUT2D eigenvalue weighted by molar-refractivity contribution is 1.37. The number of benzene rings is 6. The molecule has 0 aliphatic heterocycles. The summed E-state index contributed by atoms with van der Waals surface area (Å²) in [6.07, 6.45) is 1.91. The summed E-state index contributed by atoms with van der Waals surface area (Å²) < 4.78 is 0. The summed E-state index contributed by atoms with van der Waals surface area (Å²) in [6.45, 7) is 2.16. The Hall–Kier alpha value is -5.34.